The van der Waals surface area contributed by atoms with Gasteiger partial charge in [0.2, 0.25) is 0 Å². The SMILES string of the molecule is C=C1CC[C@]2(C(=O)O)CC[C@]3(C)C(=CC[C@@H]4[C@@]5(C)CC[C@H](O[C@@H]6OC[C@@H](O)[C@H](O[C@@H]7O[C@H](CO)[C@@H](O[C@@H]8O[C@@H](C)[C@H](O[C@@H]9OC[C@H](O)[C@H](O)[C@H]9O)[C@@H](O)[C@H]8O)[C@H](O)[C@H]7O[C@@H]7O[C@@H](C)[C@H](O)[C@@H](O)[C@H]7O)[C@H]6O)C(C)(C)[C@@H]5CC[C@]43C)[C@@H]2C1. The zero-order valence-electron chi connectivity index (χ0n) is 47.4. The molecule has 13 N–H and O–H groups in total. The lowest BCUT2D eigenvalue weighted by molar-refractivity contribution is -0.402. The normalized spacial score (nSPS) is 54.7. The average Bonchev–Trinajstić information content (AvgIpc) is 3.60. The van der Waals surface area contributed by atoms with Gasteiger partial charge in [0.1, 0.15) is 97.7 Å². The number of carboxylic acids is 1. The van der Waals surface area contributed by atoms with Gasteiger partial charge < -0.3 is 114 Å². The molecule has 10 rings (SSSR count). The third-order valence-electron chi connectivity index (χ3n) is 22.1. The number of rotatable bonds is 12. The second kappa shape index (κ2) is 23.0. The van der Waals surface area contributed by atoms with Gasteiger partial charge in [-0.3, -0.25) is 4.79 Å². The van der Waals surface area contributed by atoms with Gasteiger partial charge in [-0.15, -0.1) is 0 Å². The van der Waals surface area contributed by atoms with Crippen LogP contribution in [0.5, 0.6) is 0 Å². The highest BCUT2D eigenvalue weighted by atomic mass is 16.8. The van der Waals surface area contributed by atoms with Crippen molar-refractivity contribution in [2.75, 3.05) is 19.8 Å². The molecule has 5 aliphatic heterocycles. The first-order chi connectivity index (χ1) is 38.0. The first-order valence-corrected chi connectivity index (χ1v) is 29.2. The Morgan fingerprint density at radius 1 is 0.593 bits per heavy atom. The third kappa shape index (κ3) is 10.3. The summed E-state index contributed by atoms with van der Waals surface area (Å²) in [7, 11) is 0. The van der Waals surface area contributed by atoms with Crippen LogP contribution in [0.3, 0.4) is 0 Å². The Kier molecular flexibility index (Phi) is 17.6. The number of hydrogen-bond acceptors (Lipinski definition) is 23. The monoisotopic (exact) mass is 1160 g/mol. The molecule has 0 bridgehead atoms. The second-order valence-electron chi connectivity index (χ2n) is 26.7. The number of carbonyl (C=O) groups is 1. The van der Waals surface area contributed by atoms with Gasteiger partial charge in [0.15, 0.2) is 31.5 Å². The van der Waals surface area contributed by atoms with Gasteiger partial charge >= 0.3 is 5.97 Å². The molecule has 0 unspecified atom stereocenters. The van der Waals surface area contributed by atoms with E-state index in [9.17, 15) is 71.2 Å². The van der Waals surface area contributed by atoms with Gasteiger partial charge in [-0.2, -0.15) is 0 Å². The Labute approximate surface area is 471 Å². The molecule has 0 radical (unpaired) electrons. The van der Waals surface area contributed by atoms with Crippen molar-refractivity contribution in [1.82, 2.24) is 0 Å². The van der Waals surface area contributed by atoms with Crippen LogP contribution in [0.4, 0.5) is 0 Å². The van der Waals surface area contributed by atoms with E-state index in [0.717, 1.165) is 44.1 Å². The Morgan fingerprint density at radius 3 is 1.88 bits per heavy atom. The van der Waals surface area contributed by atoms with Gasteiger partial charge in [-0.25, -0.2) is 0 Å². The van der Waals surface area contributed by atoms with Crippen molar-refractivity contribution in [2.45, 2.75) is 260 Å². The Hall–Kier alpha value is -1.93. The van der Waals surface area contributed by atoms with Crippen molar-refractivity contribution in [3.63, 3.8) is 0 Å². The lowest BCUT2D eigenvalue weighted by Crippen LogP contribution is -2.68. The van der Waals surface area contributed by atoms with Crippen molar-refractivity contribution in [2.24, 2.45) is 44.8 Å². The number of allylic oxidation sites excluding steroid dienone is 3. The molecule has 10 aliphatic rings. The van der Waals surface area contributed by atoms with E-state index >= 15 is 0 Å². The van der Waals surface area contributed by atoms with Crippen LogP contribution >= 0.6 is 0 Å². The summed E-state index contributed by atoms with van der Waals surface area (Å²) >= 11 is 0. The minimum atomic E-state index is -1.99. The van der Waals surface area contributed by atoms with Crippen LogP contribution in [0.2, 0.25) is 0 Å². The van der Waals surface area contributed by atoms with Crippen LogP contribution in [-0.2, 0) is 52.2 Å². The van der Waals surface area contributed by atoms with E-state index in [1.165, 1.54) is 19.4 Å². The van der Waals surface area contributed by atoms with Gasteiger partial charge in [0.05, 0.1) is 43.5 Å². The maximum atomic E-state index is 13.1. The number of ether oxygens (including phenoxy) is 10. The largest absolute Gasteiger partial charge is 0.481 e. The second-order valence-corrected chi connectivity index (χ2v) is 26.7. The van der Waals surface area contributed by atoms with Crippen molar-refractivity contribution in [1.29, 1.82) is 0 Å². The van der Waals surface area contributed by atoms with Crippen LogP contribution < -0.4 is 0 Å². The molecule has 0 aromatic carbocycles. The summed E-state index contributed by atoms with van der Waals surface area (Å²) in [5, 5.41) is 143. The lowest BCUT2D eigenvalue weighted by atomic mass is 9.34. The minimum absolute atomic E-state index is 0.0709. The van der Waals surface area contributed by atoms with Crippen molar-refractivity contribution >= 4 is 5.97 Å². The van der Waals surface area contributed by atoms with Crippen molar-refractivity contribution in [3.8, 4) is 0 Å². The highest BCUT2D eigenvalue weighted by Gasteiger charge is 2.69. The zero-order chi connectivity index (χ0) is 58.8. The molecule has 0 amide bonds. The minimum Gasteiger partial charge on any atom is -0.481 e. The molecule has 81 heavy (non-hydrogen) atoms. The van der Waals surface area contributed by atoms with Crippen LogP contribution in [0.25, 0.3) is 0 Å². The molecule has 5 saturated heterocycles. The highest BCUT2D eigenvalue weighted by Crippen LogP contribution is 2.75. The topological polar surface area (TPSA) is 372 Å². The molecule has 5 aliphatic carbocycles. The predicted molar refractivity (Wildman–Crippen MR) is 276 cm³/mol. The Morgan fingerprint density at radius 2 is 1.20 bits per heavy atom. The quantitative estimate of drug-likeness (QED) is 0.0842. The number of fused-ring (bicyclic) bond motifs is 7. The molecule has 9 fully saturated rings. The number of aliphatic hydroxyl groups is 12. The molecule has 31 atom stereocenters. The molecular formula is C57H90O24. The number of aliphatic carboxylic acids is 1. The molecule has 5 heterocycles. The van der Waals surface area contributed by atoms with Crippen LogP contribution in [0, 0.1) is 44.8 Å². The summed E-state index contributed by atoms with van der Waals surface area (Å²) in [5.41, 5.74) is 0.774. The molecular weight excluding hydrogens is 1070 g/mol. The van der Waals surface area contributed by atoms with E-state index in [1.54, 1.807) is 0 Å². The Bertz CT molecular complexity index is 2290. The standard InChI is InChI=1S/C57H90O24/c1-23-11-16-57(52(70)71)18-17-55(7)26(27(57)19-23)9-10-32-54(6)14-13-33(53(4,5)31(54)12-15-56(32,55)8)77-48-42(69)44(29(60)22-73-48)79-51-46(81-49-39(66)36(63)34(61)24(2)74-49)41(68)45(30(20-58)76-51)80-50-40(67)37(64)43(25(3)75-50)78-47-38(65)35(62)28(59)21-72-47/h9,24-25,27-51,58-69H,1,10-22H2,2-8H3,(H,70,71)/t24-,25-,27-,28-,29+,30+,31-,32+,33-,34-,35-,36+,37-,38+,39+,40+,41-,42+,43-,44-,45+,46+,47-,48-,49-,50-,51-,54-,55+,56+,57-/m0/s1. The first kappa shape index (κ1) is 62.1. The average molecular weight is 1160 g/mol. The van der Waals surface area contributed by atoms with Gasteiger partial charge in [0.25, 0.3) is 0 Å². The summed E-state index contributed by atoms with van der Waals surface area (Å²) < 4.78 is 60.3. The van der Waals surface area contributed by atoms with Crippen molar-refractivity contribution < 1.29 is 119 Å². The summed E-state index contributed by atoms with van der Waals surface area (Å²) in [6.45, 7) is 17.1. The predicted octanol–water partition coefficient (Wildman–Crippen LogP) is -0.782. The molecule has 0 aromatic heterocycles. The number of aliphatic hydroxyl groups excluding tert-OH is 12. The van der Waals surface area contributed by atoms with E-state index in [2.05, 4.69) is 47.3 Å². The lowest BCUT2D eigenvalue weighted by Gasteiger charge is -2.71. The van der Waals surface area contributed by atoms with E-state index in [0.29, 0.717) is 31.6 Å². The molecule has 4 saturated carbocycles. The smallest absolute Gasteiger partial charge is 0.310 e. The fourth-order valence-corrected chi connectivity index (χ4v) is 17.1. The third-order valence-corrected chi connectivity index (χ3v) is 22.1. The van der Waals surface area contributed by atoms with Gasteiger partial charge in [-0.1, -0.05) is 58.4 Å². The van der Waals surface area contributed by atoms with Crippen LogP contribution in [0.1, 0.15) is 113 Å². The maximum absolute atomic E-state index is 13.1. The first-order valence-electron chi connectivity index (χ1n) is 29.2. The fourth-order valence-electron chi connectivity index (χ4n) is 17.1. The van der Waals surface area contributed by atoms with E-state index < -0.39 is 177 Å². The number of carboxylic acid groups (broad SMARTS) is 1. The Balaban J connectivity index is 0.848. The van der Waals surface area contributed by atoms with Crippen LogP contribution in [-0.4, -0.2) is 240 Å². The van der Waals surface area contributed by atoms with Crippen molar-refractivity contribution in [3.05, 3.63) is 23.8 Å². The molecule has 462 valence electrons. The van der Waals surface area contributed by atoms with E-state index in [1.807, 2.05) is 0 Å². The molecule has 24 nitrogen and oxygen atoms in total. The summed E-state index contributed by atoms with van der Waals surface area (Å²) in [6, 6.07) is 0. The zero-order valence-corrected chi connectivity index (χ0v) is 47.4. The van der Waals surface area contributed by atoms with E-state index in [-0.39, 0.29) is 34.7 Å². The van der Waals surface area contributed by atoms with Gasteiger partial charge in [-0.05, 0) is 112 Å². The summed E-state index contributed by atoms with van der Waals surface area (Å²) in [5.74, 6) is -0.296. The molecule has 0 aromatic rings. The summed E-state index contributed by atoms with van der Waals surface area (Å²) in [4.78, 5) is 13.1. The molecule has 24 heteroatoms. The highest BCUT2D eigenvalue weighted by molar-refractivity contribution is 5.77. The summed E-state index contributed by atoms with van der Waals surface area (Å²) in [6.07, 6.45) is -28.1. The van der Waals surface area contributed by atoms with E-state index in [4.69, 9.17) is 47.4 Å². The fraction of sp³-hybridized carbons (Fsp3) is 0.912. The molecule has 0 spiro atoms. The van der Waals surface area contributed by atoms with Gasteiger partial charge in [0, 0.05) is 5.92 Å². The van der Waals surface area contributed by atoms with Crippen LogP contribution in [0.15, 0.2) is 23.8 Å². The number of hydrogen-bond donors (Lipinski definition) is 13. The maximum Gasteiger partial charge on any atom is 0.310 e.